The first-order valence-electron chi connectivity index (χ1n) is 6.14. The molecule has 0 amide bonds. The molecular weight excluding hydrogens is 232 g/mol. The van der Waals surface area contributed by atoms with Gasteiger partial charge in [0.25, 0.3) is 0 Å². The first kappa shape index (κ1) is 14.3. The quantitative estimate of drug-likeness (QED) is 0.754. The van der Waals surface area contributed by atoms with Crippen molar-refractivity contribution in [1.82, 2.24) is 4.98 Å². The van der Waals surface area contributed by atoms with Crippen molar-refractivity contribution in [3.8, 4) is 5.88 Å². The van der Waals surface area contributed by atoms with Gasteiger partial charge < -0.3 is 14.8 Å². The van der Waals surface area contributed by atoms with E-state index in [-0.39, 0.29) is 12.0 Å². The Balaban J connectivity index is 2.66. The summed E-state index contributed by atoms with van der Waals surface area (Å²) in [4.78, 5) is 15.8. The average molecular weight is 252 g/mol. The predicted molar refractivity (Wildman–Crippen MR) is 69.7 cm³/mol. The van der Waals surface area contributed by atoms with E-state index in [4.69, 9.17) is 9.47 Å². The third kappa shape index (κ3) is 4.24. The molecule has 0 aliphatic carbocycles. The van der Waals surface area contributed by atoms with Gasteiger partial charge in [0.05, 0.1) is 25.6 Å². The lowest BCUT2D eigenvalue weighted by atomic mass is 10.1. The Bertz CT molecular complexity index is 365. The number of rotatable bonds is 7. The van der Waals surface area contributed by atoms with E-state index in [0.29, 0.717) is 12.5 Å². The number of nitrogens with one attached hydrogen (secondary N) is 1. The lowest BCUT2D eigenvalue weighted by Gasteiger charge is -2.17. The Morgan fingerprint density at radius 3 is 2.72 bits per heavy atom. The largest absolute Gasteiger partial charge is 0.481 e. The first-order valence-corrected chi connectivity index (χ1v) is 6.14. The molecule has 100 valence electrons. The summed E-state index contributed by atoms with van der Waals surface area (Å²) in [5.41, 5.74) is 0.780. The van der Waals surface area contributed by atoms with Gasteiger partial charge in [-0.05, 0) is 19.4 Å². The monoisotopic (exact) mass is 252 g/mol. The van der Waals surface area contributed by atoms with E-state index in [1.54, 1.807) is 26.3 Å². The number of methoxy groups -OCH3 is 1. The molecular formula is C13H20N2O3. The van der Waals surface area contributed by atoms with Crippen LogP contribution in [0.1, 0.15) is 26.7 Å². The molecule has 0 radical (unpaired) electrons. The zero-order valence-corrected chi connectivity index (χ0v) is 11.1. The van der Waals surface area contributed by atoms with Crippen molar-refractivity contribution < 1.29 is 14.3 Å². The van der Waals surface area contributed by atoms with Gasteiger partial charge in [0, 0.05) is 6.07 Å². The predicted octanol–water partition coefficient (Wildman–Crippen LogP) is 2.23. The minimum atomic E-state index is -0.329. The van der Waals surface area contributed by atoms with E-state index in [1.807, 2.05) is 13.0 Å². The molecule has 0 aliphatic rings. The van der Waals surface area contributed by atoms with Crippen LogP contribution in [-0.2, 0) is 9.53 Å². The highest BCUT2D eigenvalue weighted by Gasteiger charge is 2.18. The molecule has 0 aromatic carbocycles. The molecule has 0 saturated carbocycles. The molecule has 1 aromatic heterocycles. The molecule has 0 bridgehead atoms. The SMILES string of the molecule is CCCC(Nc1ccc(OC)nc1)C(=O)OCC. The van der Waals surface area contributed by atoms with Crippen molar-refractivity contribution in [2.24, 2.45) is 0 Å². The second-order valence-corrected chi connectivity index (χ2v) is 3.83. The maximum Gasteiger partial charge on any atom is 0.328 e. The second kappa shape index (κ2) is 7.53. The Labute approximate surface area is 108 Å². The first-order chi connectivity index (χ1) is 8.71. The van der Waals surface area contributed by atoms with Crippen LogP contribution in [0.2, 0.25) is 0 Å². The minimum absolute atomic E-state index is 0.227. The fourth-order valence-electron chi connectivity index (χ4n) is 1.57. The number of carbonyl (C=O) groups is 1. The van der Waals surface area contributed by atoms with Gasteiger partial charge in [-0.1, -0.05) is 13.3 Å². The highest BCUT2D eigenvalue weighted by molar-refractivity contribution is 5.79. The van der Waals surface area contributed by atoms with E-state index >= 15 is 0 Å². The number of nitrogens with zero attached hydrogens (tertiary/aromatic N) is 1. The molecule has 1 heterocycles. The summed E-state index contributed by atoms with van der Waals surface area (Å²) in [6.07, 6.45) is 3.27. The van der Waals surface area contributed by atoms with Crippen LogP contribution in [0.3, 0.4) is 0 Å². The highest BCUT2D eigenvalue weighted by Crippen LogP contribution is 2.14. The molecule has 5 nitrogen and oxygen atoms in total. The zero-order valence-electron chi connectivity index (χ0n) is 11.1. The van der Waals surface area contributed by atoms with Crippen LogP contribution in [0.4, 0.5) is 5.69 Å². The summed E-state index contributed by atoms with van der Waals surface area (Å²) in [5, 5.41) is 3.12. The van der Waals surface area contributed by atoms with Gasteiger partial charge in [-0.15, -0.1) is 0 Å². The topological polar surface area (TPSA) is 60.5 Å². The van der Waals surface area contributed by atoms with Crippen LogP contribution in [0.25, 0.3) is 0 Å². The molecule has 5 heteroatoms. The number of carbonyl (C=O) groups excluding carboxylic acids is 1. The Kier molecular flexibility index (Phi) is 5.97. The molecule has 0 saturated heterocycles. The summed E-state index contributed by atoms with van der Waals surface area (Å²) in [6.45, 7) is 4.22. The lowest BCUT2D eigenvalue weighted by Crippen LogP contribution is -2.31. The lowest BCUT2D eigenvalue weighted by molar-refractivity contribution is -0.144. The molecule has 0 fully saturated rings. The van der Waals surface area contributed by atoms with Gasteiger partial charge in [-0.3, -0.25) is 0 Å². The number of pyridine rings is 1. The molecule has 1 atom stereocenters. The Hall–Kier alpha value is -1.78. The van der Waals surface area contributed by atoms with Crippen LogP contribution < -0.4 is 10.1 Å². The molecule has 0 aliphatic heterocycles. The standard InChI is InChI=1S/C13H20N2O3/c1-4-6-11(13(16)18-5-2)15-10-7-8-12(17-3)14-9-10/h7-9,11,15H,4-6H2,1-3H3. The maximum atomic E-state index is 11.7. The number of aromatic nitrogens is 1. The zero-order chi connectivity index (χ0) is 13.4. The van der Waals surface area contributed by atoms with Crippen LogP contribution >= 0.6 is 0 Å². The van der Waals surface area contributed by atoms with Crippen molar-refractivity contribution in [2.75, 3.05) is 19.0 Å². The molecule has 0 spiro atoms. The van der Waals surface area contributed by atoms with Crippen LogP contribution in [-0.4, -0.2) is 30.7 Å². The number of ether oxygens (including phenoxy) is 2. The minimum Gasteiger partial charge on any atom is -0.481 e. The van der Waals surface area contributed by atoms with Crippen molar-refractivity contribution >= 4 is 11.7 Å². The molecule has 1 N–H and O–H groups in total. The van der Waals surface area contributed by atoms with Crippen molar-refractivity contribution in [3.63, 3.8) is 0 Å². The van der Waals surface area contributed by atoms with Gasteiger partial charge in [0.2, 0.25) is 5.88 Å². The number of hydrogen-bond donors (Lipinski definition) is 1. The van der Waals surface area contributed by atoms with Gasteiger partial charge in [0.1, 0.15) is 6.04 Å². The van der Waals surface area contributed by atoms with Gasteiger partial charge in [0.15, 0.2) is 0 Å². The third-order valence-electron chi connectivity index (χ3n) is 2.43. The second-order valence-electron chi connectivity index (χ2n) is 3.83. The summed E-state index contributed by atoms with van der Waals surface area (Å²) in [5.74, 6) is 0.318. The van der Waals surface area contributed by atoms with Crippen molar-refractivity contribution in [1.29, 1.82) is 0 Å². The van der Waals surface area contributed by atoms with Crippen molar-refractivity contribution in [2.45, 2.75) is 32.7 Å². The molecule has 1 aromatic rings. The van der Waals surface area contributed by atoms with Crippen LogP contribution in [0.5, 0.6) is 5.88 Å². The number of hydrogen-bond acceptors (Lipinski definition) is 5. The van der Waals surface area contributed by atoms with Crippen LogP contribution in [0, 0.1) is 0 Å². The average Bonchev–Trinajstić information content (AvgIpc) is 2.39. The molecule has 1 unspecified atom stereocenters. The fourth-order valence-corrected chi connectivity index (χ4v) is 1.57. The Morgan fingerprint density at radius 1 is 1.44 bits per heavy atom. The number of anilines is 1. The summed E-state index contributed by atoms with van der Waals surface area (Å²) in [7, 11) is 1.56. The highest BCUT2D eigenvalue weighted by atomic mass is 16.5. The summed E-state index contributed by atoms with van der Waals surface area (Å²) in [6, 6.07) is 3.25. The van der Waals surface area contributed by atoms with Gasteiger partial charge in [-0.2, -0.15) is 0 Å². The van der Waals surface area contributed by atoms with E-state index < -0.39 is 0 Å². The van der Waals surface area contributed by atoms with E-state index in [2.05, 4.69) is 10.3 Å². The maximum absolute atomic E-state index is 11.7. The summed E-state index contributed by atoms with van der Waals surface area (Å²) >= 11 is 0. The Morgan fingerprint density at radius 2 is 2.22 bits per heavy atom. The number of esters is 1. The normalized spacial score (nSPS) is 11.7. The third-order valence-corrected chi connectivity index (χ3v) is 2.43. The van der Waals surface area contributed by atoms with E-state index in [1.165, 1.54) is 0 Å². The van der Waals surface area contributed by atoms with Gasteiger partial charge in [-0.25, -0.2) is 9.78 Å². The smallest absolute Gasteiger partial charge is 0.328 e. The molecule has 1 rings (SSSR count). The van der Waals surface area contributed by atoms with Crippen LogP contribution in [0.15, 0.2) is 18.3 Å². The van der Waals surface area contributed by atoms with Crippen molar-refractivity contribution in [3.05, 3.63) is 18.3 Å². The fraction of sp³-hybridized carbons (Fsp3) is 0.538. The van der Waals surface area contributed by atoms with E-state index in [9.17, 15) is 4.79 Å². The van der Waals surface area contributed by atoms with Gasteiger partial charge >= 0.3 is 5.97 Å². The summed E-state index contributed by atoms with van der Waals surface area (Å²) < 4.78 is 10.0. The van der Waals surface area contributed by atoms with E-state index in [0.717, 1.165) is 18.5 Å². The molecule has 18 heavy (non-hydrogen) atoms.